The van der Waals surface area contributed by atoms with Gasteiger partial charge >= 0.3 is 0 Å². The molecule has 150 valence electrons. The zero-order valence-electron chi connectivity index (χ0n) is 16.8. The Kier molecular flexibility index (Phi) is 6.71. The minimum absolute atomic E-state index is 0.0430. The van der Waals surface area contributed by atoms with E-state index in [4.69, 9.17) is 4.74 Å². The van der Waals surface area contributed by atoms with Gasteiger partial charge in [0.05, 0.1) is 13.2 Å². The fourth-order valence-corrected chi connectivity index (χ4v) is 3.91. The van der Waals surface area contributed by atoms with Crippen LogP contribution in [0, 0.1) is 11.7 Å². The van der Waals surface area contributed by atoms with Crippen molar-refractivity contribution in [2.24, 2.45) is 10.9 Å². The molecule has 0 aromatic heterocycles. The van der Waals surface area contributed by atoms with Crippen LogP contribution >= 0.6 is 0 Å². The van der Waals surface area contributed by atoms with Gasteiger partial charge in [0.15, 0.2) is 5.96 Å². The van der Waals surface area contributed by atoms with Crippen molar-refractivity contribution in [2.45, 2.75) is 38.1 Å². The maximum atomic E-state index is 13.6. The summed E-state index contributed by atoms with van der Waals surface area (Å²) in [4.78, 5) is 6.89. The predicted octanol–water partition coefficient (Wildman–Crippen LogP) is 2.38. The van der Waals surface area contributed by atoms with Crippen molar-refractivity contribution in [3.63, 3.8) is 0 Å². The van der Waals surface area contributed by atoms with E-state index in [1.54, 1.807) is 19.2 Å². The first-order chi connectivity index (χ1) is 13.0. The highest BCUT2D eigenvalue weighted by Gasteiger charge is 2.44. The van der Waals surface area contributed by atoms with Gasteiger partial charge in [-0.05, 0) is 36.5 Å². The zero-order chi connectivity index (χ0) is 19.3. The highest BCUT2D eigenvalue weighted by atomic mass is 19.1. The minimum atomic E-state index is -0.161. The molecule has 1 saturated carbocycles. The number of morpholine rings is 1. The molecule has 0 spiro atoms. The van der Waals surface area contributed by atoms with E-state index in [0.29, 0.717) is 12.0 Å². The van der Waals surface area contributed by atoms with Crippen LogP contribution in [0.15, 0.2) is 29.3 Å². The number of aliphatic imine (C=N–C) groups is 1. The van der Waals surface area contributed by atoms with Gasteiger partial charge in [-0.2, -0.15) is 0 Å². The highest BCUT2D eigenvalue weighted by molar-refractivity contribution is 5.79. The molecule has 1 aliphatic carbocycles. The molecule has 0 bridgehead atoms. The van der Waals surface area contributed by atoms with E-state index in [-0.39, 0.29) is 11.2 Å². The lowest BCUT2D eigenvalue weighted by molar-refractivity contribution is 0.00752. The summed E-state index contributed by atoms with van der Waals surface area (Å²) in [6, 6.07) is 7.45. The van der Waals surface area contributed by atoms with Crippen LogP contribution in [0.2, 0.25) is 0 Å². The normalized spacial score (nSPS) is 21.1. The average molecular weight is 377 g/mol. The minimum Gasteiger partial charge on any atom is -0.379 e. The van der Waals surface area contributed by atoms with E-state index in [0.717, 1.165) is 63.8 Å². The second kappa shape index (κ2) is 9.02. The molecule has 1 atom stereocenters. The van der Waals surface area contributed by atoms with E-state index < -0.39 is 0 Å². The fraction of sp³-hybridized carbons (Fsp3) is 0.667. The fourth-order valence-electron chi connectivity index (χ4n) is 3.91. The molecule has 1 unspecified atom stereocenters. The number of guanidine groups is 1. The van der Waals surface area contributed by atoms with E-state index in [1.807, 2.05) is 6.07 Å². The van der Waals surface area contributed by atoms with Gasteiger partial charge in [0.25, 0.3) is 0 Å². The van der Waals surface area contributed by atoms with E-state index in [1.165, 1.54) is 6.07 Å². The second-order valence-electron chi connectivity index (χ2n) is 8.06. The second-order valence-corrected chi connectivity index (χ2v) is 8.06. The third-order valence-corrected chi connectivity index (χ3v) is 5.87. The molecule has 0 amide bonds. The molecule has 2 aliphatic rings. The molecule has 3 rings (SSSR count). The molecule has 2 N–H and O–H groups in total. The summed E-state index contributed by atoms with van der Waals surface area (Å²) < 4.78 is 19.1. The van der Waals surface area contributed by atoms with Crippen LogP contribution in [0.25, 0.3) is 0 Å². The van der Waals surface area contributed by atoms with Crippen molar-refractivity contribution in [1.82, 2.24) is 15.5 Å². The van der Waals surface area contributed by atoms with E-state index >= 15 is 0 Å². The maximum Gasteiger partial charge on any atom is 0.191 e. The lowest BCUT2D eigenvalue weighted by Crippen LogP contribution is -2.53. The summed E-state index contributed by atoms with van der Waals surface area (Å²) in [5, 5.41) is 6.95. The Morgan fingerprint density at radius 2 is 2.00 bits per heavy atom. The Balaban J connectivity index is 1.53. The first-order valence-electron chi connectivity index (χ1n) is 10.1. The number of hydrogen-bond donors (Lipinski definition) is 2. The quantitative estimate of drug-likeness (QED) is 0.567. The summed E-state index contributed by atoms with van der Waals surface area (Å²) in [7, 11) is 1.80. The predicted molar refractivity (Wildman–Crippen MR) is 108 cm³/mol. The largest absolute Gasteiger partial charge is 0.379 e. The summed E-state index contributed by atoms with van der Waals surface area (Å²) in [6.45, 7) is 9.75. The van der Waals surface area contributed by atoms with Crippen LogP contribution in [0.5, 0.6) is 0 Å². The Labute approximate surface area is 162 Å². The smallest absolute Gasteiger partial charge is 0.191 e. The van der Waals surface area contributed by atoms with Crippen molar-refractivity contribution >= 4 is 5.96 Å². The number of benzene rings is 1. The Morgan fingerprint density at radius 3 is 2.59 bits per heavy atom. The number of rotatable bonds is 7. The number of halogens is 1. The lowest BCUT2D eigenvalue weighted by Gasteiger charge is -2.37. The lowest BCUT2D eigenvalue weighted by atomic mass is 9.96. The molecule has 1 aromatic rings. The Hall–Kier alpha value is -1.66. The molecule has 1 aliphatic heterocycles. The standard InChI is InChI=1S/C21H33FN4O/c1-16(2)19(26-9-11-27-12-10-26)14-24-20(23-3)25-15-21(7-8-21)17-5-4-6-18(22)13-17/h4-6,13,16,19H,7-12,14-15H2,1-3H3,(H2,23,24,25). The first kappa shape index (κ1) is 20.1. The Morgan fingerprint density at radius 1 is 1.26 bits per heavy atom. The van der Waals surface area contributed by atoms with Gasteiger partial charge in [-0.25, -0.2) is 4.39 Å². The third kappa shape index (κ3) is 5.20. The van der Waals surface area contributed by atoms with E-state index in [9.17, 15) is 4.39 Å². The molecule has 1 heterocycles. The molecule has 1 aromatic carbocycles. The highest BCUT2D eigenvalue weighted by Crippen LogP contribution is 2.47. The van der Waals surface area contributed by atoms with Gasteiger partial charge in [-0.3, -0.25) is 9.89 Å². The topological polar surface area (TPSA) is 48.9 Å². The summed E-state index contributed by atoms with van der Waals surface area (Å²) in [6.07, 6.45) is 2.17. The van der Waals surface area contributed by atoms with Gasteiger partial charge in [-0.15, -0.1) is 0 Å². The van der Waals surface area contributed by atoms with Gasteiger partial charge in [0, 0.05) is 44.7 Å². The van der Waals surface area contributed by atoms with Crippen molar-refractivity contribution in [3.8, 4) is 0 Å². The van der Waals surface area contributed by atoms with Gasteiger partial charge in [-0.1, -0.05) is 26.0 Å². The molecule has 6 heteroatoms. The van der Waals surface area contributed by atoms with Crippen LogP contribution in [0.1, 0.15) is 32.3 Å². The van der Waals surface area contributed by atoms with Crippen LogP contribution in [0.3, 0.4) is 0 Å². The van der Waals surface area contributed by atoms with Crippen molar-refractivity contribution in [3.05, 3.63) is 35.6 Å². The summed E-state index contributed by atoms with van der Waals surface area (Å²) >= 11 is 0. The van der Waals surface area contributed by atoms with Crippen LogP contribution in [-0.4, -0.2) is 63.3 Å². The average Bonchev–Trinajstić information content (AvgIpc) is 3.46. The van der Waals surface area contributed by atoms with Gasteiger partial charge in [0.1, 0.15) is 5.82 Å². The molecular weight excluding hydrogens is 343 g/mol. The van der Waals surface area contributed by atoms with Crippen molar-refractivity contribution in [1.29, 1.82) is 0 Å². The van der Waals surface area contributed by atoms with Crippen LogP contribution < -0.4 is 10.6 Å². The van der Waals surface area contributed by atoms with Crippen LogP contribution in [0.4, 0.5) is 4.39 Å². The number of hydrogen-bond acceptors (Lipinski definition) is 3. The third-order valence-electron chi connectivity index (χ3n) is 5.87. The monoisotopic (exact) mass is 376 g/mol. The van der Waals surface area contributed by atoms with Crippen molar-refractivity contribution < 1.29 is 9.13 Å². The number of ether oxygens (including phenoxy) is 1. The van der Waals surface area contributed by atoms with Crippen LogP contribution in [-0.2, 0) is 10.2 Å². The first-order valence-corrected chi connectivity index (χ1v) is 10.1. The molecule has 27 heavy (non-hydrogen) atoms. The van der Waals surface area contributed by atoms with E-state index in [2.05, 4.69) is 34.4 Å². The SMILES string of the molecule is CN=C(NCC(C(C)C)N1CCOCC1)NCC1(c2cccc(F)c2)CC1. The molecular formula is C21H33FN4O. The summed E-state index contributed by atoms with van der Waals surface area (Å²) in [5.41, 5.74) is 1.13. The zero-order valence-corrected chi connectivity index (χ0v) is 16.8. The van der Waals surface area contributed by atoms with Gasteiger partial charge in [0.2, 0.25) is 0 Å². The molecule has 1 saturated heterocycles. The molecule has 0 radical (unpaired) electrons. The maximum absolute atomic E-state index is 13.6. The Bertz CT molecular complexity index is 639. The molecule has 5 nitrogen and oxygen atoms in total. The molecule has 2 fully saturated rings. The van der Waals surface area contributed by atoms with Crippen molar-refractivity contribution in [2.75, 3.05) is 46.4 Å². The number of nitrogens with zero attached hydrogens (tertiary/aromatic N) is 2. The summed E-state index contributed by atoms with van der Waals surface area (Å²) in [5.74, 6) is 1.21. The number of nitrogens with one attached hydrogen (secondary N) is 2. The van der Waals surface area contributed by atoms with Gasteiger partial charge < -0.3 is 15.4 Å².